The van der Waals surface area contributed by atoms with Crippen LogP contribution < -0.4 is 5.32 Å². The van der Waals surface area contributed by atoms with E-state index in [-0.39, 0.29) is 0 Å². The van der Waals surface area contributed by atoms with Gasteiger partial charge in [0.2, 0.25) is 0 Å². The van der Waals surface area contributed by atoms with E-state index in [9.17, 15) is 13.2 Å². The summed E-state index contributed by atoms with van der Waals surface area (Å²) in [5, 5.41) is 7.20. The summed E-state index contributed by atoms with van der Waals surface area (Å²) in [6.07, 6.45) is -0.916. The van der Waals surface area contributed by atoms with Gasteiger partial charge in [-0.05, 0) is 18.2 Å². The van der Waals surface area contributed by atoms with Gasteiger partial charge in [-0.15, -0.1) is 0 Å². The zero-order valence-corrected chi connectivity index (χ0v) is 9.78. The number of fused-ring (bicyclic) bond motifs is 1. The Morgan fingerprint density at radius 1 is 1.21 bits per heavy atom. The van der Waals surface area contributed by atoms with Crippen molar-refractivity contribution in [1.82, 2.24) is 9.78 Å². The SMILES string of the molecule is FC(F)(F)c1cccc(C2=CCNc3ccnn32)c1. The second-order valence-corrected chi connectivity index (χ2v) is 4.18. The smallest absolute Gasteiger partial charge is 0.366 e. The Balaban J connectivity index is 2.07. The van der Waals surface area contributed by atoms with Gasteiger partial charge in [0.25, 0.3) is 0 Å². The number of anilines is 1. The molecular formula is C13H10F3N3. The molecule has 1 aromatic heterocycles. The molecule has 0 atom stereocenters. The molecule has 3 rings (SSSR count). The first-order valence-electron chi connectivity index (χ1n) is 5.72. The summed E-state index contributed by atoms with van der Waals surface area (Å²) in [4.78, 5) is 0. The molecule has 0 spiro atoms. The van der Waals surface area contributed by atoms with E-state index >= 15 is 0 Å². The number of nitrogens with one attached hydrogen (secondary N) is 1. The van der Waals surface area contributed by atoms with Crippen LogP contribution >= 0.6 is 0 Å². The highest BCUT2D eigenvalue weighted by Crippen LogP contribution is 2.32. The average Bonchev–Trinajstić information content (AvgIpc) is 2.86. The fraction of sp³-hybridized carbons (Fsp3) is 0.154. The Morgan fingerprint density at radius 3 is 2.84 bits per heavy atom. The molecule has 0 bridgehead atoms. The third-order valence-corrected chi connectivity index (χ3v) is 2.94. The van der Waals surface area contributed by atoms with Crippen molar-refractivity contribution in [2.75, 3.05) is 11.9 Å². The maximum Gasteiger partial charge on any atom is 0.416 e. The summed E-state index contributed by atoms with van der Waals surface area (Å²) in [5.74, 6) is 0.773. The molecule has 0 unspecified atom stereocenters. The molecule has 1 N–H and O–H groups in total. The van der Waals surface area contributed by atoms with E-state index in [0.717, 1.165) is 18.0 Å². The Hall–Kier alpha value is -2.24. The van der Waals surface area contributed by atoms with Crippen LogP contribution in [0, 0.1) is 0 Å². The van der Waals surface area contributed by atoms with Gasteiger partial charge in [-0.25, -0.2) is 4.68 Å². The molecular weight excluding hydrogens is 255 g/mol. The summed E-state index contributed by atoms with van der Waals surface area (Å²) in [6.45, 7) is 0.567. The second kappa shape index (κ2) is 4.15. The Bertz CT molecular complexity index is 641. The molecule has 0 fully saturated rings. The van der Waals surface area contributed by atoms with Crippen LogP contribution in [-0.2, 0) is 6.18 Å². The average molecular weight is 265 g/mol. The van der Waals surface area contributed by atoms with E-state index in [1.165, 1.54) is 6.07 Å². The lowest BCUT2D eigenvalue weighted by Crippen LogP contribution is -2.15. The van der Waals surface area contributed by atoms with E-state index in [2.05, 4.69) is 10.4 Å². The Labute approximate surface area is 107 Å². The quantitative estimate of drug-likeness (QED) is 0.858. The first-order chi connectivity index (χ1) is 9.05. The minimum atomic E-state index is -4.34. The van der Waals surface area contributed by atoms with Gasteiger partial charge in [0, 0.05) is 18.2 Å². The minimum absolute atomic E-state index is 0.501. The summed E-state index contributed by atoms with van der Waals surface area (Å²) >= 11 is 0. The van der Waals surface area contributed by atoms with E-state index in [1.807, 2.05) is 6.08 Å². The predicted octanol–water partition coefficient (Wildman–Crippen LogP) is 3.22. The van der Waals surface area contributed by atoms with Crippen LogP contribution in [0.1, 0.15) is 11.1 Å². The summed E-state index contributed by atoms with van der Waals surface area (Å²) in [7, 11) is 0. The fourth-order valence-electron chi connectivity index (χ4n) is 2.06. The lowest BCUT2D eigenvalue weighted by atomic mass is 10.1. The monoisotopic (exact) mass is 265 g/mol. The molecule has 0 saturated carbocycles. The molecule has 0 saturated heterocycles. The van der Waals surface area contributed by atoms with Gasteiger partial charge in [0.15, 0.2) is 0 Å². The van der Waals surface area contributed by atoms with Gasteiger partial charge < -0.3 is 5.32 Å². The van der Waals surface area contributed by atoms with Crippen LogP contribution in [-0.4, -0.2) is 16.3 Å². The maximum absolute atomic E-state index is 12.7. The zero-order chi connectivity index (χ0) is 13.5. The molecule has 3 nitrogen and oxygen atoms in total. The van der Waals surface area contributed by atoms with Gasteiger partial charge in [-0.3, -0.25) is 0 Å². The number of rotatable bonds is 1. The standard InChI is InChI=1S/C13H10F3N3/c14-13(15,16)10-3-1-2-9(8-10)11-4-6-17-12-5-7-18-19(11)12/h1-5,7-8,17H,6H2. The number of hydrogen-bond acceptors (Lipinski definition) is 2. The highest BCUT2D eigenvalue weighted by molar-refractivity contribution is 5.71. The zero-order valence-electron chi connectivity index (χ0n) is 9.78. The number of alkyl halides is 3. The van der Waals surface area contributed by atoms with Crippen molar-refractivity contribution >= 4 is 11.5 Å². The number of benzene rings is 1. The molecule has 1 aromatic carbocycles. The van der Waals surface area contributed by atoms with E-state index in [4.69, 9.17) is 0 Å². The van der Waals surface area contributed by atoms with Crippen LogP contribution in [0.5, 0.6) is 0 Å². The molecule has 1 aliphatic heterocycles. The normalized spacial score (nSPS) is 14.6. The van der Waals surface area contributed by atoms with Gasteiger partial charge in [-0.1, -0.05) is 12.1 Å². The molecule has 2 aromatic rings. The predicted molar refractivity (Wildman–Crippen MR) is 65.5 cm³/mol. The molecule has 19 heavy (non-hydrogen) atoms. The molecule has 98 valence electrons. The molecule has 0 radical (unpaired) electrons. The van der Waals surface area contributed by atoms with Crippen LogP contribution in [0.25, 0.3) is 5.70 Å². The van der Waals surface area contributed by atoms with Crippen molar-refractivity contribution in [3.05, 3.63) is 53.7 Å². The lowest BCUT2D eigenvalue weighted by molar-refractivity contribution is -0.137. The van der Waals surface area contributed by atoms with Gasteiger partial charge in [0.05, 0.1) is 17.5 Å². The lowest BCUT2D eigenvalue weighted by Gasteiger charge is -2.18. The third-order valence-electron chi connectivity index (χ3n) is 2.94. The first-order valence-corrected chi connectivity index (χ1v) is 5.72. The number of aromatic nitrogens is 2. The largest absolute Gasteiger partial charge is 0.416 e. The van der Waals surface area contributed by atoms with Gasteiger partial charge in [0.1, 0.15) is 5.82 Å². The van der Waals surface area contributed by atoms with E-state index in [0.29, 0.717) is 17.8 Å². The summed E-state index contributed by atoms with van der Waals surface area (Å²) < 4.78 is 39.7. The van der Waals surface area contributed by atoms with Crippen molar-refractivity contribution < 1.29 is 13.2 Å². The van der Waals surface area contributed by atoms with Crippen LogP contribution in [0.2, 0.25) is 0 Å². The van der Waals surface area contributed by atoms with Gasteiger partial charge in [-0.2, -0.15) is 18.3 Å². The maximum atomic E-state index is 12.7. The molecule has 6 heteroatoms. The van der Waals surface area contributed by atoms with Crippen molar-refractivity contribution in [3.8, 4) is 0 Å². The number of nitrogens with zero attached hydrogens (tertiary/aromatic N) is 2. The third kappa shape index (κ3) is 2.09. The van der Waals surface area contributed by atoms with Gasteiger partial charge >= 0.3 is 6.18 Å². The minimum Gasteiger partial charge on any atom is -0.366 e. The van der Waals surface area contributed by atoms with E-state index in [1.54, 1.807) is 23.0 Å². The molecule has 2 heterocycles. The Kier molecular flexibility index (Phi) is 2.58. The van der Waals surface area contributed by atoms with Crippen LogP contribution in [0.4, 0.5) is 19.0 Å². The fourth-order valence-corrected chi connectivity index (χ4v) is 2.06. The van der Waals surface area contributed by atoms with Crippen molar-refractivity contribution in [1.29, 1.82) is 0 Å². The topological polar surface area (TPSA) is 29.9 Å². The van der Waals surface area contributed by atoms with Crippen molar-refractivity contribution in [2.45, 2.75) is 6.18 Å². The highest BCUT2D eigenvalue weighted by Gasteiger charge is 2.30. The second-order valence-electron chi connectivity index (χ2n) is 4.18. The Morgan fingerprint density at radius 2 is 2.05 bits per heavy atom. The van der Waals surface area contributed by atoms with Crippen LogP contribution in [0.3, 0.4) is 0 Å². The van der Waals surface area contributed by atoms with Crippen molar-refractivity contribution in [3.63, 3.8) is 0 Å². The first kappa shape index (κ1) is 11.8. The molecule has 1 aliphatic rings. The van der Waals surface area contributed by atoms with Crippen LogP contribution in [0.15, 0.2) is 42.6 Å². The number of hydrogen-bond donors (Lipinski definition) is 1. The molecule has 0 aliphatic carbocycles. The number of halogens is 3. The van der Waals surface area contributed by atoms with Crippen molar-refractivity contribution in [2.24, 2.45) is 0 Å². The van der Waals surface area contributed by atoms with E-state index < -0.39 is 11.7 Å². The molecule has 0 amide bonds. The summed E-state index contributed by atoms with van der Waals surface area (Å²) in [5.41, 5.74) is 0.504. The summed E-state index contributed by atoms with van der Waals surface area (Å²) in [6, 6.07) is 7.04. The highest BCUT2D eigenvalue weighted by atomic mass is 19.4.